The Kier molecular flexibility index (Phi) is 6.57. The molecule has 2 aromatic carbocycles. The van der Waals surface area contributed by atoms with Gasteiger partial charge in [0.25, 0.3) is 5.56 Å². The van der Waals surface area contributed by atoms with E-state index in [-0.39, 0.29) is 0 Å². The van der Waals surface area contributed by atoms with Gasteiger partial charge in [-0.25, -0.2) is 9.78 Å². The molecule has 10 heteroatoms. The lowest BCUT2D eigenvalue weighted by Crippen LogP contribution is -2.31. The minimum atomic E-state index is -0.411. The summed E-state index contributed by atoms with van der Waals surface area (Å²) >= 11 is 0. The SMILES string of the molecule is CCCCc1nc2c(c(=O)[nH]c(=O)n2CCC)n1Cc1ccc(-c2ccccc2-n2cnnn2)cc1. The highest BCUT2D eigenvalue weighted by molar-refractivity contribution is 5.73. The van der Waals surface area contributed by atoms with E-state index in [4.69, 9.17) is 4.98 Å². The average Bonchev–Trinajstić information content (AvgIpc) is 3.55. The molecule has 0 fully saturated rings. The number of aromatic amines is 1. The van der Waals surface area contributed by atoms with Gasteiger partial charge in [0.05, 0.1) is 5.69 Å². The monoisotopic (exact) mass is 484 g/mol. The van der Waals surface area contributed by atoms with Gasteiger partial charge < -0.3 is 4.57 Å². The second kappa shape index (κ2) is 10.1. The first kappa shape index (κ1) is 23.4. The van der Waals surface area contributed by atoms with Crippen molar-refractivity contribution < 1.29 is 0 Å². The smallest absolute Gasteiger partial charge is 0.318 e. The van der Waals surface area contributed by atoms with Crippen LogP contribution in [-0.4, -0.2) is 39.3 Å². The van der Waals surface area contributed by atoms with Gasteiger partial charge in [0.1, 0.15) is 12.2 Å². The molecular formula is C26H28N8O2. The van der Waals surface area contributed by atoms with Gasteiger partial charge in [0.2, 0.25) is 0 Å². The number of imidazole rings is 1. The number of H-pyrrole nitrogens is 1. The van der Waals surface area contributed by atoms with Crippen LogP contribution in [0.25, 0.3) is 28.0 Å². The number of nitrogens with one attached hydrogen (secondary N) is 1. The van der Waals surface area contributed by atoms with Gasteiger partial charge in [-0.05, 0) is 40.5 Å². The fraction of sp³-hybridized carbons (Fsp3) is 0.308. The van der Waals surface area contributed by atoms with Crippen LogP contribution in [0, 0.1) is 0 Å². The number of hydrogen-bond acceptors (Lipinski definition) is 6. The summed E-state index contributed by atoms with van der Waals surface area (Å²) in [4.78, 5) is 32.6. The minimum Gasteiger partial charge on any atom is -0.318 e. The number of unbranched alkanes of at least 4 members (excludes halogenated alkanes) is 1. The van der Waals surface area contributed by atoms with Crippen LogP contribution >= 0.6 is 0 Å². The van der Waals surface area contributed by atoms with Gasteiger partial charge in [-0.1, -0.05) is 62.7 Å². The Balaban J connectivity index is 1.54. The maximum absolute atomic E-state index is 12.9. The van der Waals surface area contributed by atoms with Gasteiger partial charge >= 0.3 is 5.69 Å². The normalized spacial score (nSPS) is 11.4. The number of benzene rings is 2. The van der Waals surface area contributed by atoms with Crippen LogP contribution in [0.2, 0.25) is 0 Å². The van der Waals surface area contributed by atoms with E-state index in [2.05, 4.69) is 51.7 Å². The van der Waals surface area contributed by atoms with Gasteiger partial charge in [-0.3, -0.25) is 14.3 Å². The molecule has 0 saturated heterocycles. The third-order valence-electron chi connectivity index (χ3n) is 6.27. The summed E-state index contributed by atoms with van der Waals surface area (Å²) in [6.07, 6.45) is 5.04. The minimum absolute atomic E-state index is 0.399. The molecule has 3 aromatic heterocycles. The van der Waals surface area contributed by atoms with Crippen molar-refractivity contribution in [3.8, 4) is 16.8 Å². The average molecular weight is 485 g/mol. The van der Waals surface area contributed by atoms with Gasteiger partial charge in [0, 0.05) is 25.1 Å². The largest absolute Gasteiger partial charge is 0.330 e. The molecule has 0 bridgehead atoms. The molecule has 0 unspecified atom stereocenters. The summed E-state index contributed by atoms with van der Waals surface area (Å²) in [6, 6.07) is 16.2. The summed E-state index contributed by atoms with van der Waals surface area (Å²) in [6.45, 7) is 5.11. The lowest BCUT2D eigenvalue weighted by molar-refractivity contribution is 0.651. The van der Waals surface area contributed by atoms with E-state index in [1.54, 1.807) is 15.6 Å². The highest BCUT2D eigenvalue weighted by Crippen LogP contribution is 2.27. The van der Waals surface area contributed by atoms with Crippen molar-refractivity contribution in [3.63, 3.8) is 0 Å². The molecule has 0 spiro atoms. The quantitative estimate of drug-likeness (QED) is 0.343. The van der Waals surface area contributed by atoms with E-state index in [1.807, 2.05) is 35.8 Å². The maximum atomic E-state index is 12.9. The van der Waals surface area contributed by atoms with Gasteiger partial charge in [0.15, 0.2) is 11.2 Å². The molecule has 5 aromatic rings. The van der Waals surface area contributed by atoms with E-state index in [0.29, 0.717) is 24.3 Å². The molecule has 36 heavy (non-hydrogen) atoms. The molecule has 1 N–H and O–H groups in total. The lowest BCUT2D eigenvalue weighted by Gasteiger charge is -2.12. The molecular weight excluding hydrogens is 456 g/mol. The molecule has 184 valence electrons. The zero-order valence-corrected chi connectivity index (χ0v) is 20.4. The predicted molar refractivity (Wildman–Crippen MR) is 137 cm³/mol. The zero-order valence-electron chi connectivity index (χ0n) is 20.4. The Morgan fingerprint density at radius 3 is 2.47 bits per heavy atom. The van der Waals surface area contributed by atoms with Gasteiger partial charge in [-0.15, -0.1) is 5.10 Å². The number of rotatable bonds is 9. The van der Waals surface area contributed by atoms with Crippen LogP contribution in [0.4, 0.5) is 0 Å². The van der Waals surface area contributed by atoms with Crippen molar-refractivity contribution in [2.75, 3.05) is 0 Å². The molecule has 3 heterocycles. The van der Waals surface area contributed by atoms with Crippen LogP contribution in [-0.2, 0) is 19.5 Å². The van der Waals surface area contributed by atoms with E-state index in [0.717, 1.165) is 53.9 Å². The van der Waals surface area contributed by atoms with Crippen LogP contribution in [0.1, 0.15) is 44.5 Å². The number of aryl methyl sites for hydroxylation is 2. The molecule has 0 aliphatic carbocycles. The number of tetrazole rings is 1. The zero-order chi connectivity index (χ0) is 25.1. The van der Waals surface area contributed by atoms with Crippen LogP contribution < -0.4 is 11.2 Å². The van der Waals surface area contributed by atoms with Crippen molar-refractivity contribution in [1.29, 1.82) is 0 Å². The summed E-state index contributed by atoms with van der Waals surface area (Å²) < 4.78 is 5.17. The summed E-state index contributed by atoms with van der Waals surface area (Å²) in [5.74, 6) is 0.820. The summed E-state index contributed by atoms with van der Waals surface area (Å²) in [5, 5.41) is 11.5. The Bertz CT molecular complexity index is 1590. The number of para-hydroxylation sites is 1. The van der Waals surface area contributed by atoms with Gasteiger partial charge in [-0.2, -0.15) is 4.68 Å². The molecule has 0 atom stereocenters. The van der Waals surface area contributed by atoms with Crippen molar-refractivity contribution in [2.24, 2.45) is 0 Å². The Morgan fingerprint density at radius 1 is 0.944 bits per heavy atom. The van der Waals surface area contributed by atoms with E-state index in [9.17, 15) is 9.59 Å². The second-order valence-electron chi connectivity index (χ2n) is 8.77. The number of fused-ring (bicyclic) bond motifs is 1. The topological polar surface area (TPSA) is 116 Å². The molecule has 0 radical (unpaired) electrons. The maximum Gasteiger partial charge on any atom is 0.330 e. The van der Waals surface area contributed by atoms with Crippen molar-refractivity contribution in [3.05, 3.63) is 87.1 Å². The van der Waals surface area contributed by atoms with Crippen LogP contribution in [0.3, 0.4) is 0 Å². The fourth-order valence-corrected chi connectivity index (χ4v) is 4.51. The Hall–Kier alpha value is -4.34. The summed E-state index contributed by atoms with van der Waals surface area (Å²) in [7, 11) is 0. The van der Waals surface area contributed by atoms with Crippen LogP contribution in [0.5, 0.6) is 0 Å². The predicted octanol–water partition coefficient (Wildman–Crippen LogP) is 3.33. The van der Waals surface area contributed by atoms with E-state index < -0.39 is 11.2 Å². The lowest BCUT2D eigenvalue weighted by atomic mass is 10.0. The highest BCUT2D eigenvalue weighted by Gasteiger charge is 2.18. The molecule has 0 aliphatic heterocycles. The number of nitrogens with zero attached hydrogens (tertiary/aromatic N) is 7. The standard InChI is InChI=1S/C26H28N8O2/c1-3-5-10-22-28-24-23(25(35)29-26(36)32(24)15-4-2)33(22)16-18-11-13-19(14-12-18)20-8-6-7-9-21(20)34-17-27-30-31-34/h6-9,11-14,17H,3-5,10,15-16H2,1-2H3,(H,29,35,36). The fourth-order valence-electron chi connectivity index (χ4n) is 4.51. The van der Waals surface area contributed by atoms with Crippen molar-refractivity contribution in [2.45, 2.75) is 52.6 Å². The molecule has 0 amide bonds. The first-order valence-electron chi connectivity index (χ1n) is 12.2. The van der Waals surface area contributed by atoms with Crippen molar-refractivity contribution >= 4 is 11.2 Å². The first-order chi connectivity index (χ1) is 17.6. The first-order valence-corrected chi connectivity index (χ1v) is 12.2. The van der Waals surface area contributed by atoms with Crippen LogP contribution in [0.15, 0.2) is 64.4 Å². The second-order valence-corrected chi connectivity index (χ2v) is 8.77. The third-order valence-corrected chi connectivity index (χ3v) is 6.27. The van der Waals surface area contributed by atoms with E-state index in [1.165, 1.54) is 0 Å². The Morgan fingerprint density at radius 2 is 1.75 bits per heavy atom. The van der Waals surface area contributed by atoms with Crippen molar-refractivity contribution in [1.82, 2.24) is 39.3 Å². The third kappa shape index (κ3) is 4.37. The molecule has 0 saturated carbocycles. The Labute approximate surface area is 207 Å². The number of aromatic nitrogens is 8. The molecule has 10 nitrogen and oxygen atoms in total. The van der Waals surface area contributed by atoms with E-state index >= 15 is 0 Å². The summed E-state index contributed by atoms with van der Waals surface area (Å²) in [5.41, 5.74) is 4.05. The molecule has 5 rings (SSSR count). The number of hydrogen-bond donors (Lipinski definition) is 1. The highest BCUT2D eigenvalue weighted by atomic mass is 16.2. The molecule has 0 aliphatic rings.